The Hall–Kier alpha value is -1.33. The summed E-state index contributed by atoms with van der Waals surface area (Å²) in [7, 11) is 4.11. The van der Waals surface area contributed by atoms with Crippen LogP contribution in [0.3, 0.4) is 0 Å². The van der Waals surface area contributed by atoms with Gasteiger partial charge in [-0.1, -0.05) is 19.1 Å². The summed E-state index contributed by atoms with van der Waals surface area (Å²) in [5, 5.41) is 9.29. The van der Waals surface area contributed by atoms with Gasteiger partial charge >= 0.3 is 0 Å². The van der Waals surface area contributed by atoms with Gasteiger partial charge in [0.25, 0.3) is 0 Å². The second-order valence-corrected chi connectivity index (χ2v) is 6.69. The molecule has 1 aromatic heterocycles. The summed E-state index contributed by atoms with van der Waals surface area (Å²) in [4.78, 5) is 3.44. The van der Waals surface area contributed by atoms with Crippen molar-refractivity contribution >= 4 is 11.8 Å². The molecule has 0 fully saturated rings. The maximum Gasteiger partial charge on any atom is 0.151 e. The molecule has 2 aromatic rings. The molecule has 5 heteroatoms. The number of para-hydroxylation sites is 1. The van der Waals surface area contributed by atoms with E-state index in [1.54, 1.807) is 0 Å². The zero-order chi connectivity index (χ0) is 13.4. The highest BCUT2D eigenvalue weighted by molar-refractivity contribution is 8.00. The second-order valence-electron chi connectivity index (χ2n) is 5.21. The molecule has 1 aromatic carbocycles. The summed E-state index contributed by atoms with van der Waals surface area (Å²) in [6.45, 7) is 3.05. The van der Waals surface area contributed by atoms with E-state index in [0.717, 1.165) is 24.6 Å². The third kappa shape index (κ3) is 2.40. The summed E-state index contributed by atoms with van der Waals surface area (Å²) in [6.07, 6.45) is 0.958. The number of hydrogen-bond acceptors (Lipinski definition) is 4. The van der Waals surface area contributed by atoms with Crippen LogP contribution in [0, 0.1) is 0 Å². The topological polar surface area (TPSA) is 34.0 Å². The molecule has 4 nitrogen and oxygen atoms in total. The highest BCUT2D eigenvalue weighted by Gasteiger charge is 2.23. The second kappa shape index (κ2) is 4.98. The van der Waals surface area contributed by atoms with Crippen molar-refractivity contribution in [3.63, 3.8) is 0 Å². The molecule has 0 aliphatic carbocycles. The van der Waals surface area contributed by atoms with Crippen LogP contribution < -0.4 is 0 Å². The van der Waals surface area contributed by atoms with Crippen molar-refractivity contribution in [2.45, 2.75) is 30.0 Å². The lowest BCUT2D eigenvalue weighted by atomic mass is 10.2. The van der Waals surface area contributed by atoms with Gasteiger partial charge in [0, 0.05) is 16.6 Å². The van der Waals surface area contributed by atoms with Crippen LogP contribution in [0.25, 0.3) is 5.69 Å². The zero-order valence-corrected chi connectivity index (χ0v) is 12.3. The standard InChI is InChI=1S/C14H18N4S/c1-10-8-13-15-16-14(9-17(2)3)18(13)11-6-4-5-7-12(11)19-10/h4-7,10H,8-9H2,1-3H3. The van der Waals surface area contributed by atoms with E-state index in [0.29, 0.717) is 5.25 Å². The van der Waals surface area contributed by atoms with Crippen molar-refractivity contribution in [1.29, 1.82) is 0 Å². The average molecular weight is 274 g/mol. The number of fused-ring (bicyclic) bond motifs is 3. The van der Waals surface area contributed by atoms with Crippen molar-refractivity contribution in [3.05, 3.63) is 35.9 Å². The van der Waals surface area contributed by atoms with Gasteiger partial charge in [-0.25, -0.2) is 0 Å². The minimum absolute atomic E-state index is 0.527. The quantitative estimate of drug-likeness (QED) is 0.842. The Kier molecular flexibility index (Phi) is 3.33. The number of thioether (sulfide) groups is 1. The molecule has 1 aliphatic rings. The highest BCUT2D eigenvalue weighted by Crippen LogP contribution is 2.35. The SMILES string of the molecule is CC1Cc2nnc(CN(C)C)n2-c2ccccc2S1. The summed E-state index contributed by atoms with van der Waals surface area (Å²) < 4.78 is 2.23. The first kappa shape index (κ1) is 12.7. The van der Waals surface area contributed by atoms with Crippen molar-refractivity contribution in [2.24, 2.45) is 0 Å². The smallest absolute Gasteiger partial charge is 0.151 e. The molecule has 19 heavy (non-hydrogen) atoms. The Morgan fingerprint density at radius 3 is 2.89 bits per heavy atom. The largest absolute Gasteiger partial charge is 0.302 e. The molecule has 3 rings (SSSR count). The fourth-order valence-electron chi connectivity index (χ4n) is 2.41. The Bertz CT molecular complexity index is 591. The molecular formula is C14H18N4S. The molecule has 100 valence electrons. The molecule has 0 saturated heterocycles. The first-order valence-corrected chi connectivity index (χ1v) is 7.37. The van der Waals surface area contributed by atoms with E-state index in [-0.39, 0.29) is 0 Å². The van der Waals surface area contributed by atoms with Crippen LogP contribution in [0.4, 0.5) is 0 Å². The van der Waals surface area contributed by atoms with Gasteiger partial charge in [0.05, 0.1) is 12.2 Å². The lowest BCUT2D eigenvalue weighted by Crippen LogP contribution is -2.16. The van der Waals surface area contributed by atoms with E-state index >= 15 is 0 Å². The Morgan fingerprint density at radius 1 is 1.32 bits per heavy atom. The van der Waals surface area contributed by atoms with Crippen molar-refractivity contribution in [1.82, 2.24) is 19.7 Å². The Balaban J connectivity index is 2.16. The molecular weight excluding hydrogens is 256 g/mol. The van der Waals surface area contributed by atoms with Gasteiger partial charge in [-0.3, -0.25) is 4.57 Å². The van der Waals surface area contributed by atoms with Crippen molar-refractivity contribution in [2.75, 3.05) is 14.1 Å². The fourth-order valence-corrected chi connectivity index (χ4v) is 3.51. The van der Waals surface area contributed by atoms with Crippen LogP contribution in [0.2, 0.25) is 0 Å². The van der Waals surface area contributed by atoms with Crippen LogP contribution in [-0.4, -0.2) is 39.0 Å². The van der Waals surface area contributed by atoms with Gasteiger partial charge in [-0.05, 0) is 26.2 Å². The van der Waals surface area contributed by atoms with E-state index in [1.807, 2.05) is 11.8 Å². The van der Waals surface area contributed by atoms with Gasteiger partial charge in [0.15, 0.2) is 5.82 Å². The van der Waals surface area contributed by atoms with Crippen LogP contribution >= 0.6 is 11.8 Å². The van der Waals surface area contributed by atoms with Crippen molar-refractivity contribution in [3.8, 4) is 5.69 Å². The minimum atomic E-state index is 0.527. The summed E-state index contributed by atoms with van der Waals surface area (Å²) >= 11 is 1.92. The van der Waals surface area contributed by atoms with E-state index in [2.05, 4.69) is 64.9 Å². The monoisotopic (exact) mass is 274 g/mol. The van der Waals surface area contributed by atoms with Crippen molar-refractivity contribution < 1.29 is 0 Å². The van der Waals surface area contributed by atoms with E-state index in [9.17, 15) is 0 Å². The summed E-state index contributed by atoms with van der Waals surface area (Å²) in [6, 6.07) is 8.52. The van der Waals surface area contributed by atoms with E-state index in [1.165, 1.54) is 10.6 Å². The maximum atomic E-state index is 4.39. The average Bonchev–Trinajstić information content (AvgIpc) is 2.66. The van der Waals surface area contributed by atoms with Gasteiger partial charge in [0.1, 0.15) is 5.82 Å². The molecule has 0 N–H and O–H groups in total. The molecule has 2 heterocycles. The molecule has 0 radical (unpaired) electrons. The third-order valence-corrected chi connectivity index (χ3v) is 4.33. The molecule has 1 unspecified atom stereocenters. The van der Waals surface area contributed by atoms with Gasteiger partial charge < -0.3 is 4.90 Å². The third-order valence-electron chi connectivity index (χ3n) is 3.16. The number of nitrogens with zero attached hydrogens (tertiary/aromatic N) is 4. The van der Waals surface area contributed by atoms with Gasteiger partial charge in [-0.2, -0.15) is 0 Å². The number of rotatable bonds is 2. The molecule has 1 atom stereocenters. The number of aromatic nitrogens is 3. The minimum Gasteiger partial charge on any atom is -0.302 e. The van der Waals surface area contributed by atoms with Crippen LogP contribution in [0.1, 0.15) is 18.6 Å². The first-order valence-electron chi connectivity index (χ1n) is 6.49. The fraction of sp³-hybridized carbons (Fsp3) is 0.429. The van der Waals surface area contributed by atoms with Gasteiger partial charge in [-0.15, -0.1) is 22.0 Å². The summed E-state index contributed by atoms with van der Waals surface area (Å²) in [5.74, 6) is 2.09. The molecule has 0 saturated carbocycles. The normalized spacial score (nSPS) is 18.0. The molecule has 1 aliphatic heterocycles. The lowest BCUT2D eigenvalue weighted by Gasteiger charge is -2.13. The molecule has 0 bridgehead atoms. The van der Waals surface area contributed by atoms with E-state index in [4.69, 9.17) is 0 Å². The maximum absolute atomic E-state index is 4.39. The van der Waals surface area contributed by atoms with Crippen LogP contribution in [0.15, 0.2) is 29.2 Å². The number of benzene rings is 1. The highest BCUT2D eigenvalue weighted by atomic mass is 32.2. The zero-order valence-electron chi connectivity index (χ0n) is 11.5. The predicted octanol–water partition coefficient (Wildman–Crippen LogP) is 2.37. The first-order chi connectivity index (χ1) is 9.15. The van der Waals surface area contributed by atoms with E-state index < -0.39 is 0 Å². The lowest BCUT2D eigenvalue weighted by molar-refractivity contribution is 0.386. The van der Waals surface area contributed by atoms with Gasteiger partial charge in [0.2, 0.25) is 0 Å². The Labute approximate surface area is 117 Å². The number of hydrogen-bond donors (Lipinski definition) is 0. The summed E-state index contributed by atoms with van der Waals surface area (Å²) in [5.41, 5.74) is 1.22. The van der Waals surface area contributed by atoms with Crippen LogP contribution in [0.5, 0.6) is 0 Å². The molecule has 0 amide bonds. The Morgan fingerprint density at radius 2 is 2.11 bits per heavy atom. The van der Waals surface area contributed by atoms with Crippen LogP contribution in [-0.2, 0) is 13.0 Å². The molecule has 0 spiro atoms. The predicted molar refractivity (Wildman–Crippen MR) is 77.8 cm³/mol.